The average molecular weight is 401 g/mol. The molecule has 1 amide bonds. The number of hydrogen-bond donors (Lipinski definition) is 2. The summed E-state index contributed by atoms with van der Waals surface area (Å²) in [6.07, 6.45) is 5.92. The van der Waals surface area contributed by atoms with Crippen molar-refractivity contribution in [3.63, 3.8) is 0 Å². The van der Waals surface area contributed by atoms with E-state index in [1.807, 2.05) is 13.8 Å². The zero-order valence-electron chi connectivity index (χ0n) is 16.7. The van der Waals surface area contributed by atoms with E-state index >= 15 is 0 Å². The van der Waals surface area contributed by atoms with E-state index in [2.05, 4.69) is 28.8 Å². The van der Waals surface area contributed by atoms with Gasteiger partial charge in [0, 0.05) is 11.9 Å². The van der Waals surface area contributed by atoms with Crippen LogP contribution in [0.1, 0.15) is 48.1 Å². The molecule has 0 saturated carbocycles. The Morgan fingerprint density at radius 1 is 1.07 bits per heavy atom. The molecule has 0 unspecified atom stereocenters. The van der Waals surface area contributed by atoms with Gasteiger partial charge >= 0.3 is 0 Å². The van der Waals surface area contributed by atoms with Crippen LogP contribution < -0.4 is 10.6 Å². The summed E-state index contributed by atoms with van der Waals surface area (Å²) in [5.74, 6) is -0.130. The fraction of sp³-hybridized carbons (Fsp3) is 0.409. The van der Waals surface area contributed by atoms with Crippen molar-refractivity contribution >= 4 is 21.4 Å². The first kappa shape index (κ1) is 20.4. The van der Waals surface area contributed by atoms with Crippen LogP contribution in [0.4, 0.5) is 5.69 Å². The lowest BCUT2D eigenvalue weighted by Crippen LogP contribution is -2.32. The molecule has 5 nitrogen and oxygen atoms in total. The normalized spacial score (nSPS) is 14.8. The number of amides is 1. The highest BCUT2D eigenvalue weighted by Crippen LogP contribution is 2.25. The number of carbonyl (C=O) groups is 1. The second kappa shape index (κ2) is 8.35. The summed E-state index contributed by atoms with van der Waals surface area (Å²) in [6, 6.07) is 11.3. The standard InChI is InChI=1S/C22H28N2O3S/c1-15-8-11-20(28(3,26)27)13-21(15)23-14-22(25)24-16(2)18-10-9-17-6-4-5-7-19(17)12-18/h8-13,16,23H,4-7,14H2,1-3H3,(H,24,25)/t16-/m1/s1. The molecule has 3 rings (SSSR count). The molecule has 2 aromatic carbocycles. The van der Waals surface area contributed by atoms with E-state index in [9.17, 15) is 13.2 Å². The maximum atomic E-state index is 12.4. The number of hydrogen-bond acceptors (Lipinski definition) is 4. The second-order valence-electron chi connectivity index (χ2n) is 7.63. The second-order valence-corrected chi connectivity index (χ2v) is 9.64. The van der Waals surface area contributed by atoms with Crippen molar-refractivity contribution in [2.45, 2.75) is 50.5 Å². The van der Waals surface area contributed by atoms with Crippen molar-refractivity contribution in [2.24, 2.45) is 0 Å². The van der Waals surface area contributed by atoms with Gasteiger partial charge in [-0.15, -0.1) is 0 Å². The third-order valence-electron chi connectivity index (χ3n) is 5.33. The van der Waals surface area contributed by atoms with Gasteiger partial charge in [0.2, 0.25) is 5.91 Å². The minimum atomic E-state index is -3.28. The molecular weight excluding hydrogens is 372 g/mol. The number of nitrogens with one attached hydrogen (secondary N) is 2. The summed E-state index contributed by atoms with van der Waals surface area (Å²) in [5, 5.41) is 6.07. The summed E-state index contributed by atoms with van der Waals surface area (Å²) in [6.45, 7) is 3.95. The molecule has 2 N–H and O–H groups in total. The predicted octanol–water partition coefficient (Wildman–Crippen LogP) is 3.57. The first-order chi connectivity index (χ1) is 13.2. The van der Waals surface area contributed by atoms with Gasteiger partial charge in [0.1, 0.15) is 0 Å². The van der Waals surface area contributed by atoms with Crippen molar-refractivity contribution in [1.82, 2.24) is 5.32 Å². The van der Waals surface area contributed by atoms with Crippen LogP contribution in [0.3, 0.4) is 0 Å². The largest absolute Gasteiger partial charge is 0.376 e. The van der Waals surface area contributed by atoms with Crippen molar-refractivity contribution in [1.29, 1.82) is 0 Å². The summed E-state index contributed by atoms with van der Waals surface area (Å²) in [5.41, 5.74) is 5.49. The molecule has 1 aliphatic carbocycles. The first-order valence-electron chi connectivity index (χ1n) is 9.69. The molecule has 150 valence electrons. The summed E-state index contributed by atoms with van der Waals surface area (Å²) < 4.78 is 23.5. The molecule has 1 atom stereocenters. The number of anilines is 1. The van der Waals surface area contributed by atoms with Crippen molar-refractivity contribution in [3.05, 3.63) is 58.7 Å². The van der Waals surface area contributed by atoms with E-state index in [1.54, 1.807) is 18.2 Å². The number of fused-ring (bicyclic) bond motifs is 1. The molecule has 0 aromatic heterocycles. The lowest BCUT2D eigenvalue weighted by molar-refractivity contribution is -0.120. The van der Waals surface area contributed by atoms with Gasteiger partial charge in [-0.2, -0.15) is 0 Å². The third kappa shape index (κ3) is 4.93. The van der Waals surface area contributed by atoms with E-state index in [-0.39, 0.29) is 23.4 Å². The Labute approximate surface area is 167 Å². The Morgan fingerprint density at radius 2 is 1.79 bits per heavy atom. The fourth-order valence-corrected chi connectivity index (χ4v) is 4.24. The Bertz CT molecular complexity index is 983. The maximum absolute atomic E-state index is 12.4. The number of benzene rings is 2. The quantitative estimate of drug-likeness (QED) is 0.777. The minimum absolute atomic E-state index is 0.0787. The molecule has 2 aromatic rings. The highest BCUT2D eigenvalue weighted by molar-refractivity contribution is 7.90. The van der Waals surface area contributed by atoms with Gasteiger partial charge in [-0.3, -0.25) is 4.79 Å². The van der Waals surface area contributed by atoms with E-state index in [1.165, 1.54) is 30.2 Å². The van der Waals surface area contributed by atoms with Crippen LogP contribution in [-0.4, -0.2) is 27.1 Å². The molecule has 0 saturated heterocycles. The van der Waals surface area contributed by atoms with Gasteiger partial charge in [0.15, 0.2) is 9.84 Å². The van der Waals surface area contributed by atoms with Crippen LogP contribution >= 0.6 is 0 Å². The lowest BCUT2D eigenvalue weighted by Gasteiger charge is -2.20. The minimum Gasteiger partial charge on any atom is -0.376 e. The highest BCUT2D eigenvalue weighted by Gasteiger charge is 2.15. The molecule has 0 aliphatic heterocycles. The van der Waals surface area contributed by atoms with Crippen LogP contribution in [0, 0.1) is 6.92 Å². The Morgan fingerprint density at radius 3 is 2.50 bits per heavy atom. The van der Waals surface area contributed by atoms with Gasteiger partial charge in [0.05, 0.1) is 17.5 Å². The lowest BCUT2D eigenvalue weighted by atomic mass is 9.89. The molecule has 0 fully saturated rings. The molecule has 28 heavy (non-hydrogen) atoms. The summed E-state index contributed by atoms with van der Waals surface area (Å²) >= 11 is 0. The van der Waals surface area contributed by atoms with Gasteiger partial charge in [-0.1, -0.05) is 24.3 Å². The third-order valence-corrected chi connectivity index (χ3v) is 6.44. The van der Waals surface area contributed by atoms with Crippen LogP contribution in [0.5, 0.6) is 0 Å². The van der Waals surface area contributed by atoms with E-state index < -0.39 is 9.84 Å². The predicted molar refractivity (Wildman–Crippen MR) is 112 cm³/mol. The van der Waals surface area contributed by atoms with Gasteiger partial charge in [-0.25, -0.2) is 8.42 Å². The first-order valence-corrected chi connectivity index (χ1v) is 11.6. The van der Waals surface area contributed by atoms with Gasteiger partial charge in [0.25, 0.3) is 0 Å². The van der Waals surface area contributed by atoms with Gasteiger partial charge < -0.3 is 10.6 Å². The fourth-order valence-electron chi connectivity index (χ4n) is 3.60. The molecule has 0 radical (unpaired) electrons. The molecule has 6 heteroatoms. The molecular formula is C22H28N2O3S. The van der Waals surface area contributed by atoms with E-state index in [0.29, 0.717) is 5.69 Å². The van der Waals surface area contributed by atoms with Crippen molar-refractivity contribution < 1.29 is 13.2 Å². The Kier molecular flexibility index (Phi) is 6.08. The number of carbonyl (C=O) groups excluding carboxylic acids is 1. The average Bonchev–Trinajstić information content (AvgIpc) is 2.66. The van der Waals surface area contributed by atoms with E-state index in [4.69, 9.17) is 0 Å². The molecule has 0 heterocycles. The number of aryl methyl sites for hydroxylation is 3. The smallest absolute Gasteiger partial charge is 0.239 e. The number of rotatable bonds is 6. The van der Waals surface area contributed by atoms with Crippen LogP contribution in [0.25, 0.3) is 0 Å². The zero-order valence-corrected chi connectivity index (χ0v) is 17.5. The molecule has 0 bridgehead atoms. The Balaban J connectivity index is 1.61. The van der Waals surface area contributed by atoms with Crippen LogP contribution in [0.2, 0.25) is 0 Å². The SMILES string of the molecule is Cc1ccc(S(C)(=O)=O)cc1NCC(=O)N[C@H](C)c1ccc2c(c1)CCCC2. The van der Waals surface area contributed by atoms with Crippen LogP contribution in [-0.2, 0) is 27.5 Å². The summed E-state index contributed by atoms with van der Waals surface area (Å²) in [4.78, 5) is 12.6. The monoisotopic (exact) mass is 400 g/mol. The van der Waals surface area contributed by atoms with E-state index in [0.717, 1.165) is 24.0 Å². The van der Waals surface area contributed by atoms with Gasteiger partial charge in [-0.05, 0) is 73.9 Å². The van der Waals surface area contributed by atoms with Crippen molar-refractivity contribution in [2.75, 3.05) is 18.1 Å². The molecule has 0 spiro atoms. The molecule has 1 aliphatic rings. The summed E-state index contributed by atoms with van der Waals surface area (Å²) in [7, 11) is -3.28. The zero-order chi connectivity index (χ0) is 20.3. The number of sulfone groups is 1. The topological polar surface area (TPSA) is 75.3 Å². The Hall–Kier alpha value is -2.34. The van der Waals surface area contributed by atoms with Crippen molar-refractivity contribution in [3.8, 4) is 0 Å². The van der Waals surface area contributed by atoms with Crippen LogP contribution in [0.15, 0.2) is 41.3 Å². The highest BCUT2D eigenvalue weighted by atomic mass is 32.2. The maximum Gasteiger partial charge on any atom is 0.239 e.